The van der Waals surface area contributed by atoms with Crippen LogP contribution >= 0.6 is 0 Å². The summed E-state index contributed by atoms with van der Waals surface area (Å²) in [5.41, 5.74) is 0.402. The number of nitrogens with one attached hydrogen (secondary N) is 1. The van der Waals surface area contributed by atoms with Gasteiger partial charge in [0, 0.05) is 18.8 Å². The Morgan fingerprint density at radius 1 is 1.25 bits per heavy atom. The standard InChI is InChI=1S/C14H20N2O4/c1-8-9(13(19)20-6)7-16(5)10(8)11(17)12(18)15-14(2,3)4/h7H,1-6H3,(H,15,18). The molecule has 0 aliphatic heterocycles. The zero-order chi connectivity index (χ0) is 15.7. The molecule has 0 bridgehead atoms. The van der Waals surface area contributed by atoms with Crippen molar-refractivity contribution in [2.75, 3.05) is 7.11 Å². The van der Waals surface area contributed by atoms with Gasteiger partial charge in [-0.2, -0.15) is 0 Å². The number of ketones is 1. The van der Waals surface area contributed by atoms with E-state index in [1.807, 2.05) is 0 Å². The molecule has 0 radical (unpaired) electrons. The van der Waals surface area contributed by atoms with Crippen LogP contribution in [-0.4, -0.2) is 34.9 Å². The third-order valence-corrected chi connectivity index (χ3v) is 2.75. The van der Waals surface area contributed by atoms with Crippen molar-refractivity contribution in [2.24, 2.45) is 7.05 Å². The number of esters is 1. The van der Waals surface area contributed by atoms with Gasteiger partial charge in [-0.3, -0.25) is 9.59 Å². The third-order valence-electron chi connectivity index (χ3n) is 2.75. The molecule has 0 atom stereocenters. The van der Waals surface area contributed by atoms with Crippen LogP contribution in [0.15, 0.2) is 6.20 Å². The van der Waals surface area contributed by atoms with Gasteiger partial charge in [-0.15, -0.1) is 0 Å². The van der Waals surface area contributed by atoms with Crippen LogP contribution in [0, 0.1) is 6.92 Å². The van der Waals surface area contributed by atoms with Gasteiger partial charge in [0.1, 0.15) is 0 Å². The Bertz CT molecular complexity index is 564. The van der Waals surface area contributed by atoms with E-state index in [4.69, 9.17) is 0 Å². The fraction of sp³-hybridized carbons (Fsp3) is 0.500. The molecule has 1 N–H and O–H groups in total. The summed E-state index contributed by atoms with van der Waals surface area (Å²) in [6.07, 6.45) is 1.48. The van der Waals surface area contributed by atoms with Crippen molar-refractivity contribution in [1.29, 1.82) is 0 Å². The van der Waals surface area contributed by atoms with Crippen molar-refractivity contribution in [3.05, 3.63) is 23.0 Å². The Balaban J connectivity index is 3.15. The molecule has 6 heteroatoms. The topological polar surface area (TPSA) is 77.4 Å². The number of amides is 1. The number of hydrogen-bond donors (Lipinski definition) is 1. The summed E-state index contributed by atoms with van der Waals surface area (Å²) in [5.74, 6) is -1.90. The summed E-state index contributed by atoms with van der Waals surface area (Å²) in [5, 5.41) is 2.61. The summed E-state index contributed by atoms with van der Waals surface area (Å²) < 4.78 is 6.11. The molecule has 0 saturated carbocycles. The average Bonchev–Trinajstić information content (AvgIpc) is 2.61. The van der Waals surface area contributed by atoms with Crippen molar-refractivity contribution in [3.8, 4) is 0 Å². The zero-order valence-electron chi connectivity index (χ0n) is 12.7. The van der Waals surface area contributed by atoms with Crippen LogP contribution in [-0.2, 0) is 16.6 Å². The molecule has 0 aromatic carbocycles. The first-order valence-corrected chi connectivity index (χ1v) is 6.19. The lowest BCUT2D eigenvalue weighted by Gasteiger charge is -2.20. The second kappa shape index (κ2) is 5.48. The molecule has 1 aromatic heterocycles. The summed E-state index contributed by atoms with van der Waals surface area (Å²) in [7, 11) is 2.87. The molecule has 0 aliphatic carbocycles. The Labute approximate surface area is 118 Å². The highest BCUT2D eigenvalue weighted by Gasteiger charge is 2.28. The molecule has 0 aliphatic rings. The maximum atomic E-state index is 12.2. The Morgan fingerprint density at radius 3 is 2.25 bits per heavy atom. The van der Waals surface area contributed by atoms with Crippen molar-refractivity contribution in [2.45, 2.75) is 33.2 Å². The molecule has 20 heavy (non-hydrogen) atoms. The number of carbonyl (C=O) groups excluding carboxylic acids is 3. The van der Waals surface area contributed by atoms with Crippen LogP contribution in [0.2, 0.25) is 0 Å². The van der Waals surface area contributed by atoms with Gasteiger partial charge in [-0.05, 0) is 33.3 Å². The van der Waals surface area contributed by atoms with Crippen LogP contribution in [0.3, 0.4) is 0 Å². The highest BCUT2D eigenvalue weighted by Crippen LogP contribution is 2.17. The van der Waals surface area contributed by atoms with Crippen molar-refractivity contribution < 1.29 is 19.1 Å². The minimum atomic E-state index is -0.696. The summed E-state index contributed by atoms with van der Waals surface area (Å²) in [6, 6.07) is 0. The smallest absolute Gasteiger partial charge is 0.339 e. The molecule has 0 unspecified atom stereocenters. The highest BCUT2D eigenvalue weighted by molar-refractivity contribution is 6.43. The lowest BCUT2D eigenvalue weighted by atomic mass is 10.1. The highest BCUT2D eigenvalue weighted by atomic mass is 16.5. The van der Waals surface area contributed by atoms with Crippen molar-refractivity contribution in [1.82, 2.24) is 9.88 Å². The lowest BCUT2D eigenvalue weighted by molar-refractivity contribution is -0.118. The fourth-order valence-electron chi connectivity index (χ4n) is 1.90. The normalized spacial score (nSPS) is 11.1. The van der Waals surface area contributed by atoms with Gasteiger partial charge in [0.2, 0.25) is 0 Å². The van der Waals surface area contributed by atoms with Crippen LogP contribution in [0.1, 0.15) is 47.2 Å². The van der Waals surface area contributed by atoms with Crippen LogP contribution < -0.4 is 5.32 Å². The quantitative estimate of drug-likeness (QED) is 0.513. The van der Waals surface area contributed by atoms with Gasteiger partial charge >= 0.3 is 5.97 Å². The minimum absolute atomic E-state index is 0.187. The molecular weight excluding hydrogens is 260 g/mol. The van der Waals surface area contributed by atoms with E-state index in [0.717, 1.165) is 0 Å². The van der Waals surface area contributed by atoms with E-state index in [1.54, 1.807) is 34.7 Å². The Morgan fingerprint density at radius 2 is 1.80 bits per heavy atom. The minimum Gasteiger partial charge on any atom is -0.465 e. The summed E-state index contributed by atoms with van der Waals surface area (Å²) >= 11 is 0. The maximum Gasteiger partial charge on any atom is 0.339 e. The lowest BCUT2D eigenvalue weighted by Crippen LogP contribution is -2.44. The molecule has 1 rings (SSSR count). The average molecular weight is 280 g/mol. The predicted octanol–water partition coefficient (Wildman–Crippen LogP) is 1.22. The van der Waals surface area contributed by atoms with Gasteiger partial charge < -0.3 is 14.6 Å². The number of rotatable bonds is 3. The monoisotopic (exact) mass is 280 g/mol. The van der Waals surface area contributed by atoms with Crippen LogP contribution in [0.5, 0.6) is 0 Å². The Hall–Kier alpha value is -2.11. The van der Waals surface area contributed by atoms with Gasteiger partial charge in [0.05, 0.1) is 18.4 Å². The van der Waals surface area contributed by atoms with Crippen molar-refractivity contribution >= 4 is 17.7 Å². The third kappa shape index (κ3) is 3.26. The van der Waals surface area contributed by atoms with E-state index in [2.05, 4.69) is 10.1 Å². The molecule has 0 saturated heterocycles. The van der Waals surface area contributed by atoms with E-state index in [-0.39, 0.29) is 11.3 Å². The van der Waals surface area contributed by atoms with Crippen LogP contribution in [0.25, 0.3) is 0 Å². The number of hydrogen-bond acceptors (Lipinski definition) is 4. The van der Waals surface area contributed by atoms with Gasteiger partial charge in [-0.25, -0.2) is 4.79 Å². The number of aromatic nitrogens is 1. The number of nitrogens with zero attached hydrogens (tertiary/aromatic N) is 1. The summed E-state index contributed by atoms with van der Waals surface area (Å²) in [6.45, 7) is 6.98. The number of methoxy groups -OCH3 is 1. The first kappa shape index (κ1) is 15.9. The molecule has 110 valence electrons. The maximum absolute atomic E-state index is 12.2. The fourth-order valence-corrected chi connectivity index (χ4v) is 1.90. The second-order valence-corrected chi connectivity index (χ2v) is 5.65. The van der Waals surface area contributed by atoms with Gasteiger partial charge in [-0.1, -0.05) is 0 Å². The number of carbonyl (C=O) groups is 3. The van der Waals surface area contributed by atoms with E-state index >= 15 is 0 Å². The Kier molecular flexibility index (Phi) is 4.37. The largest absolute Gasteiger partial charge is 0.465 e. The first-order valence-electron chi connectivity index (χ1n) is 6.19. The van der Waals surface area contributed by atoms with E-state index < -0.39 is 23.2 Å². The number of Topliss-reactive ketones (excluding diaryl/α,β-unsaturated/α-hetero) is 1. The SMILES string of the molecule is COC(=O)c1cn(C)c(C(=O)C(=O)NC(C)(C)C)c1C. The second-order valence-electron chi connectivity index (χ2n) is 5.65. The van der Waals surface area contributed by atoms with Crippen molar-refractivity contribution in [3.63, 3.8) is 0 Å². The number of aryl methyl sites for hydroxylation is 1. The molecule has 6 nitrogen and oxygen atoms in total. The number of ether oxygens (including phenoxy) is 1. The molecule has 0 fully saturated rings. The van der Waals surface area contributed by atoms with E-state index in [9.17, 15) is 14.4 Å². The molecule has 1 aromatic rings. The van der Waals surface area contributed by atoms with E-state index in [1.165, 1.54) is 17.9 Å². The van der Waals surface area contributed by atoms with Gasteiger partial charge in [0.25, 0.3) is 11.7 Å². The summed E-state index contributed by atoms with van der Waals surface area (Å²) in [4.78, 5) is 35.7. The molecule has 0 spiro atoms. The van der Waals surface area contributed by atoms with E-state index in [0.29, 0.717) is 5.56 Å². The van der Waals surface area contributed by atoms with Crippen LogP contribution in [0.4, 0.5) is 0 Å². The first-order chi connectivity index (χ1) is 9.08. The molecular formula is C14H20N2O4. The molecule has 1 amide bonds. The predicted molar refractivity (Wildman–Crippen MR) is 73.7 cm³/mol. The zero-order valence-corrected chi connectivity index (χ0v) is 12.7. The van der Waals surface area contributed by atoms with Gasteiger partial charge in [0.15, 0.2) is 0 Å². The molecule has 1 heterocycles.